The minimum atomic E-state index is -0.335. The number of ketones is 1. The Labute approximate surface area is 221 Å². The van der Waals surface area contributed by atoms with Crippen LogP contribution in [0.3, 0.4) is 0 Å². The van der Waals surface area contributed by atoms with Crippen molar-refractivity contribution in [3.05, 3.63) is 83.8 Å². The first-order valence-corrected chi connectivity index (χ1v) is 14.0. The van der Waals surface area contributed by atoms with Crippen molar-refractivity contribution in [3.63, 3.8) is 0 Å². The Balaban J connectivity index is 1.61. The van der Waals surface area contributed by atoms with Crippen LogP contribution in [-0.2, 0) is 17.8 Å². The fraction of sp³-hybridized carbons (Fsp3) is 0.240. The molecular formula is C25H20Br2N2O3S2. The van der Waals surface area contributed by atoms with E-state index in [1.165, 1.54) is 23.1 Å². The van der Waals surface area contributed by atoms with Crippen molar-refractivity contribution in [1.82, 2.24) is 9.55 Å². The SMILES string of the molecule is CC1(C)Cc2c(sc3nc(SCC(=O)c4ccc(Br)cc4)n(-c4cccc(Br)c4)c(=O)c23)CO1. The van der Waals surface area contributed by atoms with Crippen LogP contribution >= 0.6 is 55.0 Å². The maximum absolute atomic E-state index is 13.9. The van der Waals surface area contributed by atoms with Crippen molar-refractivity contribution in [2.24, 2.45) is 0 Å². The summed E-state index contributed by atoms with van der Waals surface area (Å²) in [7, 11) is 0. The van der Waals surface area contributed by atoms with Crippen LogP contribution in [0.25, 0.3) is 15.9 Å². The Hall–Kier alpha value is -1.78. The molecule has 0 spiro atoms. The molecule has 4 aromatic rings. The molecule has 2 aromatic heterocycles. The van der Waals surface area contributed by atoms with E-state index in [4.69, 9.17) is 9.72 Å². The summed E-state index contributed by atoms with van der Waals surface area (Å²) in [4.78, 5) is 33.4. The standard InChI is InChI=1S/C25H20Br2N2O3S2/c1-25(2)11-18-20(12-32-25)34-22-21(18)23(31)29(17-5-3-4-16(27)10-17)24(28-22)33-13-19(30)14-6-8-15(26)9-7-14/h3-10H,11-13H2,1-2H3. The van der Waals surface area contributed by atoms with Crippen LogP contribution in [-0.4, -0.2) is 26.7 Å². The maximum Gasteiger partial charge on any atom is 0.267 e. The quantitative estimate of drug-likeness (QED) is 0.140. The zero-order chi connectivity index (χ0) is 24.0. The van der Waals surface area contributed by atoms with E-state index in [2.05, 4.69) is 31.9 Å². The molecule has 5 nitrogen and oxygen atoms in total. The summed E-state index contributed by atoms with van der Waals surface area (Å²) in [5.41, 5.74) is 1.91. The lowest BCUT2D eigenvalue weighted by atomic mass is 9.94. The fourth-order valence-electron chi connectivity index (χ4n) is 3.96. The number of thiophene rings is 1. The van der Waals surface area contributed by atoms with E-state index < -0.39 is 0 Å². The number of fused-ring (bicyclic) bond motifs is 3. The molecule has 9 heteroatoms. The number of ether oxygens (including phenoxy) is 1. The molecule has 34 heavy (non-hydrogen) atoms. The Kier molecular flexibility index (Phi) is 6.58. The lowest BCUT2D eigenvalue weighted by molar-refractivity contribution is -0.0379. The topological polar surface area (TPSA) is 61.2 Å². The predicted molar refractivity (Wildman–Crippen MR) is 145 cm³/mol. The molecule has 0 radical (unpaired) electrons. The number of carbonyl (C=O) groups is 1. The Morgan fingerprint density at radius 3 is 2.68 bits per heavy atom. The summed E-state index contributed by atoms with van der Waals surface area (Å²) in [6, 6.07) is 14.8. The van der Waals surface area contributed by atoms with Crippen LogP contribution < -0.4 is 5.56 Å². The van der Waals surface area contributed by atoms with E-state index in [9.17, 15) is 9.59 Å². The van der Waals surface area contributed by atoms with Crippen LogP contribution in [0, 0.1) is 0 Å². The van der Waals surface area contributed by atoms with Gasteiger partial charge in [0, 0.05) is 25.8 Å². The van der Waals surface area contributed by atoms with Crippen LogP contribution in [0.5, 0.6) is 0 Å². The average Bonchev–Trinajstić information content (AvgIpc) is 3.14. The van der Waals surface area contributed by atoms with Gasteiger partial charge in [-0.05, 0) is 49.7 Å². The molecule has 1 aliphatic rings. The first-order valence-electron chi connectivity index (χ1n) is 10.6. The van der Waals surface area contributed by atoms with Gasteiger partial charge in [-0.15, -0.1) is 11.3 Å². The lowest BCUT2D eigenvalue weighted by Gasteiger charge is -2.29. The second-order valence-electron chi connectivity index (χ2n) is 8.64. The molecule has 0 saturated heterocycles. The molecule has 0 fully saturated rings. The summed E-state index contributed by atoms with van der Waals surface area (Å²) in [5.74, 6) is 0.155. The molecule has 0 aliphatic carbocycles. The van der Waals surface area contributed by atoms with E-state index in [0.717, 1.165) is 19.4 Å². The third-order valence-corrected chi connectivity index (χ3v) is 8.70. The van der Waals surface area contributed by atoms with Gasteiger partial charge in [0.2, 0.25) is 0 Å². The van der Waals surface area contributed by atoms with Gasteiger partial charge in [0.25, 0.3) is 5.56 Å². The highest BCUT2D eigenvalue weighted by molar-refractivity contribution is 9.10. The van der Waals surface area contributed by atoms with Crippen LogP contribution in [0.15, 0.2) is 67.4 Å². The van der Waals surface area contributed by atoms with Crippen molar-refractivity contribution < 1.29 is 9.53 Å². The van der Waals surface area contributed by atoms with Gasteiger partial charge in [-0.25, -0.2) is 4.98 Å². The summed E-state index contributed by atoms with van der Waals surface area (Å²) < 4.78 is 9.38. The number of hydrogen-bond acceptors (Lipinski definition) is 6. The number of halogens is 2. The average molecular weight is 620 g/mol. The van der Waals surface area contributed by atoms with Gasteiger partial charge < -0.3 is 4.74 Å². The molecule has 174 valence electrons. The van der Waals surface area contributed by atoms with Crippen molar-refractivity contribution in [2.45, 2.75) is 37.6 Å². The maximum atomic E-state index is 13.9. The molecule has 2 aromatic carbocycles. The van der Waals surface area contributed by atoms with E-state index in [-0.39, 0.29) is 22.7 Å². The zero-order valence-corrected chi connectivity index (χ0v) is 23.2. The van der Waals surface area contributed by atoms with Gasteiger partial charge in [-0.3, -0.25) is 14.2 Å². The normalized spacial score (nSPS) is 14.8. The van der Waals surface area contributed by atoms with Crippen molar-refractivity contribution in [2.75, 3.05) is 5.75 Å². The number of thioether (sulfide) groups is 1. The first kappa shape index (κ1) is 23.9. The van der Waals surface area contributed by atoms with Crippen molar-refractivity contribution in [1.29, 1.82) is 0 Å². The van der Waals surface area contributed by atoms with Crippen molar-refractivity contribution >= 4 is 71.0 Å². The molecule has 0 atom stereocenters. The van der Waals surface area contributed by atoms with Gasteiger partial charge in [0.1, 0.15) is 4.83 Å². The molecular weight excluding hydrogens is 600 g/mol. The molecule has 0 bridgehead atoms. The molecule has 5 rings (SSSR count). The number of hydrogen-bond donors (Lipinski definition) is 0. The number of aromatic nitrogens is 2. The molecule has 0 unspecified atom stereocenters. The molecule has 3 heterocycles. The number of carbonyl (C=O) groups excluding carboxylic acids is 1. The summed E-state index contributed by atoms with van der Waals surface area (Å²) in [5, 5.41) is 1.15. The third kappa shape index (κ3) is 4.68. The predicted octanol–water partition coefficient (Wildman–Crippen LogP) is 6.80. The van der Waals surface area contributed by atoms with Gasteiger partial charge in [0.05, 0.1) is 29.0 Å². The minimum Gasteiger partial charge on any atom is -0.370 e. The summed E-state index contributed by atoms with van der Waals surface area (Å²) in [6.45, 7) is 4.56. The number of nitrogens with zero attached hydrogens (tertiary/aromatic N) is 2. The monoisotopic (exact) mass is 618 g/mol. The van der Waals surface area contributed by atoms with Crippen LogP contribution in [0.1, 0.15) is 34.6 Å². The highest BCUT2D eigenvalue weighted by atomic mass is 79.9. The number of Topliss-reactive ketones (excluding diaryl/α,β-unsaturated/α-hetero) is 1. The van der Waals surface area contributed by atoms with Crippen molar-refractivity contribution in [3.8, 4) is 5.69 Å². The van der Waals surface area contributed by atoms with Gasteiger partial charge in [0.15, 0.2) is 10.9 Å². The highest BCUT2D eigenvalue weighted by Crippen LogP contribution is 2.38. The summed E-state index contributed by atoms with van der Waals surface area (Å²) >= 11 is 9.69. The lowest BCUT2D eigenvalue weighted by Crippen LogP contribution is -2.32. The number of rotatable bonds is 5. The second-order valence-corrected chi connectivity index (χ2v) is 12.5. The largest absolute Gasteiger partial charge is 0.370 e. The first-order chi connectivity index (χ1) is 16.2. The van der Waals surface area contributed by atoms with Gasteiger partial charge >= 0.3 is 0 Å². The Morgan fingerprint density at radius 1 is 1.18 bits per heavy atom. The Morgan fingerprint density at radius 2 is 1.94 bits per heavy atom. The smallest absolute Gasteiger partial charge is 0.267 e. The number of benzene rings is 2. The Bertz CT molecular complexity index is 1480. The molecule has 1 aliphatic heterocycles. The summed E-state index contributed by atoms with van der Waals surface area (Å²) in [6.07, 6.45) is 0.659. The van der Waals surface area contributed by atoms with E-state index in [1.54, 1.807) is 16.7 Å². The fourth-order valence-corrected chi connectivity index (χ4v) is 6.67. The van der Waals surface area contributed by atoms with Gasteiger partial charge in [-0.2, -0.15) is 0 Å². The van der Waals surface area contributed by atoms with Crippen LogP contribution in [0.2, 0.25) is 0 Å². The third-order valence-electron chi connectivity index (χ3n) is 5.64. The molecule has 0 saturated carbocycles. The van der Waals surface area contributed by atoms with E-state index >= 15 is 0 Å². The minimum absolute atomic E-state index is 0.0201. The second kappa shape index (κ2) is 9.35. The van der Waals surface area contributed by atoms with E-state index in [1.807, 2.05) is 50.2 Å². The molecule has 0 amide bonds. The van der Waals surface area contributed by atoms with Crippen LogP contribution in [0.4, 0.5) is 0 Å². The highest BCUT2D eigenvalue weighted by Gasteiger charge is 2.31. The zero-order valence-electron chi connectivity index (χ0n) is 18.4. The molecule has 0 N–H and O–H groups in total. The van der Waals surface area contributed by atoms with E-state index in [0.29, 0.717) is 39.7 Å². The van der Waals surface area contributed by atoms with Gasteiger partial charge in [-0.1, -0.05) is 61.8 Å².